The third-order valence-corrected chi connectivity index (χ3v) is 2.84. The second-order valence-electron chi connectivity index (χ2n) is 3.92. The average molecular weight is 224 g/mol. The molecule has 86 valence electrons. The average Bonchev–Trinajstić information content (AvgIpc) is 2.41. The number of nitrogens with two attached hydrogens (primary N) is 2. The maximum Gasteiger partial charge on any atom is 0.0749 e. The minimum atomic E-state index is -0.739. The van der Waals surface area contributed by atoms with Crippen molar-refractivity contribution in [2.45, 2.75) is 5.54 Å². The van der Waals surface area contributed by atoms with Crippen molar-refractivity contribution in [2.24, 2.45) is 11.5 Å². The number of hydrogen-bond acceptors (Lipinski definition) is 2. The smallest absolute Gasteiger partial charge is 0.0749 e. The summed E-state index contributed by atoms with van der Waals surface area (Å²) >= 11 is 0. The van der Waals surface area contributed by atoms with Gasteiger partial charge in [0.25, 0.3) is 0 Å². The molecule has 0 amide bonds. The first-order valence-corrected chi connectivity index (χ1v) is 5.62. The molecule has 17 heavy (non-hydrogen) atoms. The fourth-order valence-corrected chi connectivity index (χ4v) is 1.93. The van der Waals surface area contributed by atoms with Crippen molar-refractivity contribution in [2.75, 3.05) is 6.54 Å². The van der Waals surface area contributed by atoms with Crippen molar-refractivity contribution >= 4 is 0 Å². The quantitative estimate of drug-likeness (QED) is 0.833. The van der Waals surface area contributed by atoms with Crippen LogP contribution in [0.5, 0.6) is 0 Å². The number of hydrogen-bond donors (Lipinski definition) is 2. The summed E-state index contributed by atoms with van der Waals surface area (Å²) in [4.78, 5) is 0. The molecule has 0 saturated heterocycles. The van der Waals surface area contributed by atoms with Gasteiger partial charge in [-0.15, -0.1) is 0 Å². The van der Waals surface area contributed by atoms with E-state index in [-0.39, 0.29) is 0 Å². The van der Waals surface area contributed by atoms with Gasteiger partial charge in [-0.1, -0.05) is 60.7 Å². The van der Waals surface area contributed by atoms with Gasteiger partial charge in [0, 0.05) is 13.0 Å². The molecule has 0 heterocycles. The summed E-state index contributed by atoms with van der Waals surface area (Å²) in [7, 11) is 0. The minimum Gasteiger partial charge on any atom is -0.330 e. The van der Waals surface area contributed by atoms with Gasteiger partial charge >= 0.3 is 0 Å². The molecule has 0 unspecified atom stereocenters. The van der Waals surface area contributed by atoms with Crippen molar-refractivity contribution in [1.29, 1.82) is 0 Å². The summed E-state index contributed by atoms with van der Waals surface area (Å²) in [6.45, 7) is 0.320. The van der Waals surface area contributed by atoms with Gasteiger partial charge in [0.15, 0.2) is 0 Å². The Kier molecular flexibility index (Phi) is 3.57. The Morgan fingerprint density at radius 3 is 1.59 bits per heavy atom. The summed E-state index contributed by atoms with van der Waals surface area (Å²) in [5.41, 5.74) is 13.3. The molecule has 2 radical (unpaired) electrons. The zero-order chi connectivity index (χ0) is 12.1. The number of benzene rings is 2. The lowest BCUT2D eigenvalue weighted by atomic mass is 9.81. The molecular formula is C15H16N2. The van der Waals surface area contributed by atoms with Gasteiger partial charge in [0.1, 0.15) is 0 Å². The standard InChI is InChI=1S/C15H16N2/c16-12-11-15(17,13-7-3-1-4-8-13)14-9-5-2-6-10-14/h1-10H,12,16-17H2. The van der Waals surface area contributed by atoms with Crippen molar-refractivity contribution in [3.63, 3.8) is 0 Å². The van der Waals surface area contributed by atoms with Crippen molar-refractivity contribution < 1.29 is 0 Å². The Morgan fingerprint density at radius 2 is 1.24 bits per heavy atom. The lowest BCUT2D eigenvalue weighted by Gasteiger charge is -2.29. The van der Waals surface area contributed by atoms with Crippen LogP contribution < -0.4 is 11.5 Å². The largest absolute Gasteiger partial charge is 0.330 e. The molecule has 0 fully saturated rings. The van der Waals surface area contributed by atoms with E-state index >= 15 is 0 Å². The van der Waals surface area contributed by atoms with Crippen LogP contribution in [0.2, 0.25) is 0 Å². The van der Waals surface area contributed by atoms with Crippen molar-refractivity contribution in [1.82, 2.24) is 0 Å². The summed E-state index contributed by atoms with van der Waals surface area (Å²) in [6.07, 6.45) is 3.15. The highest BCUT2D eigenvalue weighted by Gasteiger charge is 2.28. The molecule has 0 aliphatic rings. The zero-order valence-corrected chi connectivity index (χ0v) is 9.64. The third kappa shape index (κ3) is 2.38. The lowest BCUT2D eigenvalue weighted by molar-refractivity contribution is 0.614. The van der Waals surface area contributed by atoms with Gasteiger partial charge in [0.05, 0.1) is 5.54 Å². The van der Waals surface area contributed by atoms with Crippen molar-refractivity contribution in [3.05, 3.63) is 78.2 Å². The Hall–Kier alpha value is -1.64. The molecule has 0 bridgehead atoms. The van der Waals surface area contributed by atoms with Crippen LogP contribution in [0.15, 0.2) is 60.7 Å². The Morgan fingerprint density at radius 1 is 0.824 bits per heavy atom. The summed E-state index contributed by atoms with van der Waals surface area (Å²) in [5.74, 6) is 0. The van der Waals surface area contributed by atoms with Gasteiger partial charge in [-0.25, -0.2) is 0 Å². The summed E-state index contributed by atoms with van der Waals surface area (Å²) < 4.78 is 0. The minimum absolute atomic E-state index is 0.320. The van der Waals surface area contributed by atoms with E-state index in [9.17, 15) is 0 Å². The highest BCUT2D eigenvalue weighted by Crippen LogP contribution is 2.28. The molecule has 2 nitrogen and oxygen atoms in total. The van der Waals surface area contributed by atoms with E-state index in [0.717, 1.165) is 11.1 Å². The predicted octanol–water partition coefficient (Wildman–Crippen LogP) is 1.93. The van der Waals surface area contributed by atoms with E-state index in [2.05, 4.69) is 6.42 Å². The topological polar surface area (TPSA) is 52.0 Å². The van der Waals surface area contributed by atoms with Crippen LogP contribution >= 0.6 is 0 Å². The highest BCUT2D eigenvalue weighted by atomic mass is 14.8. The molecule has 2 rings (SSSR count). The van der Waals surface area contributed by atoms with Crippen LogP contribution in [-0.4, -0.2) is 6.54 Å². The van der Waals surface area contributed by atoms with E-state index in [1.165, 1.54) is 0 Å². The second-order valence-corrected chi connectivity index (χ2v) is 3.92. The molecule has 0 aliphatic carbocycles. The molecule has 0 atom stereocenters. The van der Waals surface area contributed by atoms with E-state index in [4.69, 9.17) is 11.5 Å². The molecule has 0 aromatic heterocycles. The molecule has 2 heteroatoms. The summed E-state index contributed by atoms with van der Waals surface area (Å²) in [6, 6.07) is 19.8. The molecular weight excluding hydrogens is 208 g/mol. The maximum atomic E-state index is 6.46. The Labute approximate surface area is 102 Å². The molecule has 0 spiro atoms. The van der Waals surface area contributed by atoms with E-state index in [1.807, 2.05) is 60.7 Å². The molecule has 0 saturated carbocycles. The summed E-state index contributed by atoms with van der Waals surface area (Å²) in [5, 5.41) is 0. The normalized spacial score (nSPS) is 11.4. The van der Waals surface area contributed by atoms with Crippen LogP contribution in [0, 0.1) is 6.42 Å². The van der Waals surface area contributed by atoms with Crippen LogP contribution in [0.4, 0.5) is 0 Å². The first kappa shape index (κ1) is 11.8. The third-order valence-electron chi connectivity index (χ3n) is 2.84. The van der Waals surface area contributed by atoms with Gasteiger partial charge in [-0.3, -0.25) is 0 Å². The molecule has 0 aliphatic heterocycles. The van der Waals surface area contributed by atoms with E-state index in [0.29, 0.717) is 6.54 Å². The SMILES string of the molecule is NC[C]C(N)(c1ccccc1)c1ccccc1. The van der Waals surface area contributed by atoms with Crippen molar-refractivity contribution in [3.8, 4) is 0 Å². The second kappa shape index (κ2) is 5.13. The Balaban J connectivity index is 2.47. The van der Waals surface area contributed by atoms with Gasteiger partial charge in [0.2, 0.25) is 0 Å². The van der Waals surface area contributed by atoms with Crippen LogP contribution in [-0.2, 0) is 5.54 Å². The van der Waals surface area contributed by atoms with Crippen LogP contribution in [0.1, 0.15) is 11.1 Å². The van der Waals surface area contributed by atoms with E-state index in [1.54, 1.807) is 0 Å². The first-order chi connectivity index (χ1) is 8.27. The van der Waals surface area contributed by atoms with Crippen LogP contribution in [0.3, 0.4) is 0 Å². The fourth-order valence-electron chi connectivity index (χ4n) is 1.93. The zero-order valence-electron chi connectivity index (χ0n) is 9.64. The predicted molar refractivity (Wildman–Crippen MR) is 70.1 cm³/mol. The lowest BCUT2D eigenvalue weighted by Crippen LogP contribution is -2.40. The molecule has 2 aromatic rings. The fraction of sp³-hybridized carbons (Fsp3) is 0.133. The van der Waals surface area contributed by atoms with Crippen LogP contribution in [0.25, 0.3) is 0 Å². The Bertz CT molecular complexity index is 411. The number of rotatable bonds is 4. The first-order valence-electron chi connectivity index (χ1n) is 5.62. The van der Waals surface area contributed by atoms with Gasteiger partial charge in [-0.2, -0.15) is 0 Å². The monoisotopic (exact) mass is 224 g/mol. The highest BCUT2D eigenvalue weighted by molar-refractivity contribution is 5.41. The van der Waals surface area contributed by atoms with E-state index < -0.39 is 5.54 Å². The van der Waals surface area contributed by atoms with Gasteiger partial charge < -0.3 is 11.5 Å². The maximum absolute atomic E-state index is 6.46. The molecule has 2 aromatic carbocycles. The van der Waals surface area contributed by atoms with Gasteiger partial charge in [-0.05, 0) is 11.1 Å². The molecule has 4 N–H and O–H groups in total.